The van der Waals surface area contributed by atoms with E-state index in [-0.39, 0.29) is 12.4 Å². The normalized spacial score (nSPS) is 22.8. The van der Waals surface area contributed by atoms with Crippen molar-refractivity contribution < 1.29 is 23.8 Å². The molecule has 2 atom stereocenters. The first-order valence-corrected chi connectivity index (χ1v) is 12.0. The van der Waals surface area contributed by atoms with Crippen LogP contribution in [0.1, 0.15) is 49.9 Å². The summed E-state index contributed by atoms with van der Waals surface area (Å²) in [5, 5.41) is 16.5. The molecule has 0 bridgehead atoms. The molecule has 0 amide bonds. The average molecular weight is 477 g/mol. The zero-order chi connectivity index (χ0) is 24.6. The molecule has 5 rings (SSSR count). The van der Waals surface area contributed by atoms with Gasteiger partial charge in [0.1, 0.15) is 11.6 Å². The predicted octanol–water partition coefficient (Wildman–Crippen LogP) is 5.65. The van der Waals surface area contributed by atoms with Gasteiger partial charge in [0.05, 0.1) is 29.8 Å². The Hall–Kier alpha value is -3.45. The number of carbonyl (C=O) groups is 1. The van der Waals surface area contributed by atoms with Crippen molar-refractivity contribution >= 4 is 12.2 Å². The number of hydrogen-bond acceptors (Lipinski definition) is 5. The van der Waals surface area contributed by atoms with E-state index in [1.54, 1.807) is 25.1 Å². The molecule has 0 spiro atoms. The third-order valence-electron chi connectivity index (χ3n) is 7.59. The molecule has 0 unspecified atom stereocenters. The third-order valence-corrected chi connectivity index (χ3v) is 7.59. The van der Waals surface area contributed by atoms with Crippen LogP contribution in [0, 0.1) is 11.2 Å². The molecular formula is C28H29FN2O4. The zero-order valence-corrected chi connectivity index (χ0v) is 20.0. The molecular weight excluding hydrogens is 447 g/mol. The molecule has 1 heterocycles. The molecule has 3 aromatic rings. The fourth-order valence-electron chi connectivity index (χ4n) is 5.51. The third kappa shape index (κ3) is 4.14. The van der Waals surface area contributed by atoms with Crippen molar-refractivity contribution in [1.82, 2.24) is 9.78 Å². The van der Waals surface area contributed by atoms with Crippen LogP contribution in [-0.2, 0) is 17.6 Å². The second-order valence-electron chi connectivity index (χ2n) is 9.55. The number of rotatable bonds is 6. The van der Waals surface area contributed by atoms with Crippen LogP contribution >= 0.6 is 0 Å². The monoisotopic (exact) mass is 476 g/mol. The molecule has 2 aliphatic rings. The van der Waals surface area contributed by atoms with Crippen LogP contribution in [0.3, 0.4) is 0 Å². The van der Waals surface area contributed by atoms with E-state index in [0.717, 1.165) is 28.9 Å². The summed E-state index contributed by atoms with van der Waals surface area (Å²) in [5.74, 6) is 0.177. The maximum Gasteiger partial charge on any atom is 0.513 e. The number of nitrogens with zero attached hydrogens (tertiary/aromatic N) is 2. The Bertz CT molecular complexity index is 1280. The van der Waals surface area contributed by atoms with Gasteiger partial charge in [-0.2, -0.15) is 5.10 Å². The molecule has 6 nitrogen and oxygen atoms in total. The number of ether oxygens (including phenoxy) is 2. The summed E-state index contributed by atoms with van der Waals surface area (Å²) in [6.45, 7) is 4.10. The average Bonchev–Trinajstić information content (AvgIpc) is 3.35. The molecule has 7 heteroatoms. The minimum Gasteiger partial charge on any atom is -0.434 e. The lowest BCUT2D eigenvalue weighted by Gasteiger charge is -2.42. The molecule has 35 heavy (non-hydrogen) atoms. The van der Waals surface area contributed by atoms with Crippen LogP contribution in [0.4, 0.5) is 9.18 Å². The Morgan fingerprint density at radius 1 is 1.20 bits per heavy atom. The molecule has 0 aliphatic heterocycles. The van der Waals surface area contributed by atoms with Crippen LogP contribution in [0.15, 0.2) is 60.3 Å². The molecule has 1 aromatic heterocycles. The second-order valence-corrected chi connectivity index (χ2v) is 9.55. The number of benzene rings is 2. The number of aliphatic hydroxyl groups is 1. The van der Waals surface area contributed by atoms with Gasteiger partial charge in [0, 0.05) is 5.41 Å². The number of fused-ring (bicyclic) bond motifs is 2. The van der Waals surface area contributed by atoms with Crippen LogP contribution in [-0.4, -0.2) is 33.3 Å². The van der Waals surface area contributed by atoms with Gasteiger partial charge in [0.15, 0.2) is 0 Å². The number of para-hydroxylation sites is 1. The van der Waals surface area contributed by atoms with Gasteiger partial charge in [0.25, 0.3) is 0 Å². The fraction of sp³-hybridized carbons (Fsp3) is 0.357. The van der Waals surface area contributed by atoms with E-state index in [9.17, 15) is 14.3 Å². The predicted molar refractivity (Wildman–Crippen MR) is 130 cm³/mol. The summed E-state index contributed by atoms with van der Waals surface area (Å²) in [6, 6.07) is 13.7. The van der Waals surface area contributed by atoms with Gasteiger partial charge in [-0.05, 0) is 86.6 Å². The van der Waals surface area contributed by atoms with Crippen LogP contribution < -0.4 is 4.74 Å². The van der Waals surface area contributed by atoms with Gasteiger partial charge >= 0.3 is 6.16 Å². The molecule has 182 valence electrons. The molecule has 2 aromatic carbocycles. The highest BCUT2D eigenvalue weighted by Crippen LogP contribution is 2.57. The highest BCUT2D eigenvalue weighted by Gasteiger charge is 2.54. The van der Waals surface area contributed by atoms with Crippen LogP contribution in [0.2, 0.25) is 0 Å². The summed E-state index contributed by atoms with van der Waals surface area (Å²) >= 11 is 0. The molecule has 2 aliphatic carbocycles. The SMILES string of the molecule is CCOC(=O)Oc1ccccc1CC[C@]1(O)CCC2=Cc3c(cnn3-c3ccc(F)cc3)C[C@@]21C. The van der Waals surface area contributed by atoms with E-state index in [1.165, 1.54) is 17.7 Å². The van der Waals surface area contributed by atoms with Crippen molar-refractivity contribution in [2.75, 3.05) is 6.61 Å². The van der Waals surface area contributed by atoms with Gasteiger partial charge in [-0.15, -0.1) is 0 Å². The Balaban J connectivity index is 1.37. The van der Waals surface area contributed by atoms with Crippen molar-refractivity contribution in [3.8, 4) is 11.4 Å². The molecule has 1 N–H and O–H groups in total. The Morgan fingerprint density at radius 2 is 1.97 bits per heavy atom. The number of halogens is 1. The minimum absolute atomic E-state index is 0.244. The van der Waals surface area contributed by atoms with Gasteiger partial charge in [-0.3, -0.25) is 0 Å². The van der Waals surface area contributed by atoms with Crippen molar-refractivity contribution in [2.24, 2.45) is 5.41 Å². The number of carbonyl (C=O) groups excluding carboxylic acids is 1. The highest BCUT2D eigenvalue weighted by molar-refractivity contribution is 5.65. The second kappa shape index (κ2) is 8.96. The molecule has 0 saturated heterocycles. The maximum absolute atomic E-state index is 13.4. The number of aromatic nitrogens is 2. The van der Waals surface area contributed by atoms with Gasteiger partial charge < -0.3 is 14.6 Å². The zero-order valence-electron chi connectivity index (χ0n) is 20.0. The summed E-state index contributed by atoms with van der Waals surface area (Å²) in [5.41, 5.74) is 3.58. The lowest BCUT2D eigenvalue weighted by atomic mass is 9.65. The van der Waals surface area contributed by atoms with Crippen molar-refractivity contribution in [3.63, 3.8) is 0 Å². The van der Waals surface area contributed by atoms with Gasteiger partial charge in [-0.1, -0.05) is 30.7 Å². The lowest BCUT2D eigenvalue weighted by molar-refractivity contribution is -0.0462. The number of aryl methyl sites for hydroxylation is 1. The molecule has 1 saturated carbocycles. The first kappa shape index (κ1) is 23.3. The van der Waals surface area contributed by atoms with E-state index in [2.05, 4.69) is 18.1 Å². The standard InChI is InChI=1S/C28H29FN2O4/c1-3-34-26(32)35-25-7-5-4-6-19(25)12-14-28(33)15-13-21-16-24-20(17-27(21,28)2)18-30-31(24)23-10-8-22(29)9-11-23/h4-11,16,18,33H,3,12-15,17H2,1-2H3/t27-,28-/m0/s1. The van der Waals surface area contributed by atoms with Crippen molar-refractivity contribution in [3.05, 3.63) is 82.9 Å². The van der Waals surface area contributed by atoms with Gasteiger partial charge in [0.2, 0.25) is 0 Å². The summed E-state index contributed by atoms with van der Waals surface area (Å²) < 4.78 is 25.5. The Morgan fingerprint density at radius 3 is 2.74 bits per heavy atom. The largest absolute Gasteiger partial charge is 0.513 e. The fourth-order valence-corrected chi connectivity index (χ4v) is 5.51. The maximum atomic E-state index is 13.4. The minimum atomic E-state index is -0.911. The van der Waals surface area contributed by atoms with Gasteiger partial charge in [-0.25, -0.2) is 13.9 Å². The Labute approximate surface area is 204 Å². The van der Waals surface area contributed by atoms with E-state index >= 15 is 0 Å². The highest BCUT2D eigenvalue weighted by atomic mass is 19.1. The number of hydrogen-bond donors (Lipinski definition) is 1. The molecule has 1 fully saturated rings. The van der Waals surface area contributed by atoms with Crippen LogP contribution in [0.5, 0.6) is 5.75 Å². The molecule has 0 radical (unpaired) electrons. The summed E-state index contributed by atoms with van der Waals surface area (Å²) in [4.78, 5) is 11.8. The summed E-state index contributed by atoms with van der Waals surface area (Å²) in [7, 11) is 0. The van der Waals surface area contributed by atoms with E-state index in [4.69, 9.17) is 9.47 Å². The first-order chi connectivity index (χ1) is 16.8. The quantitative estimate of drug-likeness (QED) is 0.368. The topological polar surface area (TPSA) is 73.6 Å². The van der Waals surface area contributed by atoms with Crippen molar-refractivity contribution in [1.29, 1.82) is 0 Å². The van der Waals surface area contributed by atoms with Crippen molar-refractivity contribution in [2.45, 2.75) is 51.6 Å². The van der Waals surface area contributed by atoms with E-state index < -0.39 is 17.2 Å². The lowest BCUT2D eigenvalue weighted by Crippen LogP contribution is -2.45. The van der Waals surface area contributed by atoms with E-state index in [1.807, 2.05) is 29.1 Å². The smallest absolute Gasteiger partial charge is 0.434 e. The van der Waals surface area contributed by atoms with Crippen LogP contribution in [0.25, 0.3) is 11.8 Å². The van der Waals surface area contributed by atoms with E-state index in [0.29, 0.717) is 31.4 Å². The summed E-state index contributed by atoms with van der Waals surface area (Å²) in [6.07, 6.45) is 6.49. The Kier molecular flexibility index (Phi) is 5.97. The first-order valence-electron chi connectivity index (χ1n) is 12.0.